The molecule has 0 spiro atoms. The average Bonchev–Trinajstić information content (AvgIpc) is 3.10. The van der Waals surface area contributed by atoms with Gasteiger partial charge in [-0.05, 0) is 36.4 Å². The first-order valence-electron chi connectivity index (χ1n) is 9.59. The summed E-state index contributed by atoms with van der Waals surface area (Å²) in [6, 6.07) is 10.8. The number of likely N-dealkylation sites (tertiary alicyclic amines) is 1. The minimum Gasteiger partial charge on any atom is -0.484 e. The molecule has 1 fully saturated rings. The molecule has 1 heterocycles. The second-order valence-corrected chi connectivity index (χ2v) is 7.71. The Morgan fingerprint density at radius 2 is 1.90 bits per heavy atom. The first-order valence-corrected chi connectivity index (χ1v) is 10.3. The maximum absolute atomic E-state index is 13.4. The molecule has 2 aromatic rings. The van der Waals surface area contributed by atoms with Crippen molar-refractivity contribution in [2.24, 2.45) is 0 Å². The SMILES string of the molecule is C=C(CCNC(=O)COc1ccc(Cl)c(F)c1)N1CC[C@@H](Oc2ccc(Cl)cc2)C1=O. The van der Waals surface area contributed by atoms with E-state index in [4.69, 9.17) is 32.7 Å². The molecule has 0 radical (unpaired) electrons. The molecule has 6 nitrogen and oxygen atoms in total. The van der Waals surface area contributed by atoms with Crippen LogP contribution in [0.1, 0.15) is 12.8 Å². The normalized spacial score (nSPS) is 15.6. The third-order valence-electron chi connectivity index (χ3n) is 4.63. The van der Waals surface area contributed by atoms with E-state index in [0.29, 0.717) is 35.9 Å². The summed E-state index contributed by atoms with van der Waals surface area (Å²) >= 11 is 11.5. The van der Waals surface area contributed by atoms with Gasteiger partial charge in [0.1, 0.15) is 17.3 Å². The number of amides is 2. The maximum Gasteiger partial charge on any atom is 0.267 e. The van der Waals surface area contributed by atoms with Gasteiger partial charge in [-0.25, -0.2) is 4.39 Å². The predicted octanol–water partition coefficient (Wildman–Crippen LogP) is 4.21. The quantitative estimate of drug-likeness (QED) is 0.600. The van der Waals surface area contributed by atoms with Gasteiger partial charge in [-0.3, -0.25) is 9.59 Å². The third-order valence-corrected chi connectivity index (χ3v) is 5.19. The van der Waals surface area contributed by atoms with Crippen LogP contribution in [-0.2, 0) is 9.59 Å². The van der Waals surface area contributed by atoms with Crippen LogP contribution in [0.2, 0.25) is 10.0 Å². The Balaban J connectivity index is 1.39. The van der Waals surface area contributed by atoms with Crippen molar-refractivity contribution in [3.8, 4) is 11.5 Å². The Morgan fingerprint density at radius 1 is 1.19 bits per heavy atom. The van der Waals surface area contributed by atoms with Crippen LogP contribution in [0.25, 0.3) is 0 Å². The summed E-state index contributed by atoms with van der Waals surface area (Å²) in [7, 11) is 0. The minimum atomic E-state index is -0.621. The monoisotopic (exact) mass is 466 g/mol. The summed E-state index contributed by atoms with van der Waals surface area (Å²) in [5.74, 6) is -0.386. The molecule has 0 aromatic heterocycles. The number of ether oxygens (including phenoxy) is 2. The lowest BCUT2D eigenvalue weighted by Crippen LogP contribution is -2.34. The summed E-state index contributed by atoms with van der Waals surface area (Å²) in [5, 5.41) is 3.25. The van der Waals surface area contributed by atoms with Crippen LogP contribution in [0.3, 0.4) is 0 Å². The predicted molar refractivity (Wildman–Crippen MR) is 116 cm³/mol. The van der Waals surface area contributed by atoms with Crippen LogP contribution >= 0.6 is 23.2 Å². The van der Waals surface area contributed by atoms with Crippen molar-refractivity contribution in [1.29, 1.82) is 0 Å². The van der Waals surface area contributed by atoms with E-state index < -0.39 is 11.9 Å². The maximum atomic E-state index is 13.4. The van der Waals surface area contributed by atoms with Crippen molar-refractivity contribution in [3.05, 3.63) is 70.6 Å². The van der Waals surface area contributed by atoms with Gasteiger partial charge in [-0.15, -0.1) is 0 Å². The smallest absolute Gasteiger partial charge is 0.267 e. The molecule has 31 heavy (non-hydrogen) atoms. The summed E-state index contributed by atoms with van der Waals surface area (Å²) in [4.78, 5) is 26.1. The lowest BCUT2D eigenvalue weighted by molar-refractivity contribution is -0.131. The summed E-state index contributed by atoms with van der Waals surface area (Å²) in [6.45, 7) is 4.45. The fraction of sp³-hybridized carbons (Fsp3) is 0.273. The molecule has 3 rings (SSSR count). The molecule has 1 aliphatic rings. The van der Waals surface area contributed by atoms with Gasteiger partial charge in [0.15, 0.2) is 12.7 Å². The number of carbonyl (C=O) groups is 2. The molecule has 9 heteroatoms. The van der Waals surface area contributed by atoms with Crippen LogP contribution in [0.15, 0.2) is 54.7 Å². The molecular formula is C22H21Cl2FN2O4. The first kappa shape index (κ1) is 22.9. The number of halogens is 3. The average molecular weight is 467 g/mol. The van der Waals surface area contributed by atoms with Crippen molar-refractivity contribution in [1.82, 2.24) is 10.2 Å². The molecule has 1 saturated heterocycles. The molecule has 1 atom stereocenters. The highest BCUT2D eigenvalue weighted by atomic mass is 35.5. The molecule has 2 aromatic carbocycles. The zero-order valence-electron chi connectivity index (χ0n) is 16.6. The lowest BCUT2D eigenvalue weighted by Gasteiger charge is -2.20. The van der Waals surface area contributed by atoms with Gasteiger partial charge < -0.3 is 19.7 Å². The minimum absolute atomic E-state index is 0.0208. The van der Waals surface area contributed by atoms with Crippen molar-refractivity contribution < 1.29 is 23.5 Å². The topological polar surface area (TPSA) is 67.9 Å². The summed E-state index contributed by atoms with van der Waals surface area (Å²) in [6.07, 6.45) is 0.347. The van der Waals surface area contributed by atoms with E-state index in [1.807, 2.05) is 0 Å². The van der Waals surface area contributed by atoms with Gasteiger partial charge in [-0.2, -0.15) is 0 Å². The highest BCUT2D eigenvalue weighted by Crippen LogP contribution is 2.24. The van der Waals surface area contributed by atoms with Gasteiger partial charge >= 0.3 is 0 Å². The molecule has 0 bridgehead atoms. The van der Waals surface area contributed by atoms with Crippen LogP contribution < -0.4 is 14.8 Å². The zero-order valence-corrected chi connectivity index (χ0v) is 18.1. The zero-order chi connectivity index (χ0) is 22.4. The summed E-state index contributed by atoms with van der Waals surface area (Å²) < 4.78 is 24.3. The highest BCUT2D eigenvalue weighted by molar-refractivity contribution is 6.31. The number of hydrogen-bond donors (Lipinski definition) is 1. The van der Waals surface area contributed by atoms with Crippen LogP contribution in [0.5, 0.6) is 11.5 Å². The fourth-order valence-corrected chi connectivity index (χ4v) is 3.25. The van der Waals surface area contributed by atoms with Gasteiger partial charge in [0.25, 0.3) is 11.8 Å². The standard InChI is InChI=1S/C22H21Cl2FN2O4/c1-14(8-10-26-21(28)13-30-17-6-7-18(24)19(25)12-17)27-11-9-20(22(27)29)31-16-4-2-15(23)3-5-16/h2-7,12,20H,1,8-11,13H2,(H,26,28)/t20-/m1/s1. The molecule has 1 aliphatic heterocycles. The number of nitrogens with one attached hydrogen (secondary N) is 1. The van der Waals surface area contributed by atoms with Crippen LogP contribution in [0, 0.1) is 5.82 Å². The van der Waals surface area contributed by atoms with Crippen molar-refractivity contribution in [2.75, 3.05) is 19.7 Å². The van der Waals surface area contributed by atoms with Gasteiger partial charge in [0.05, 0.1) is 5.02 Å². The van der Waals surface area contributed by atoms with E-state index in [1.54, 1.807) is 29.2 Å². The number of carbonyl (C=O) groups excluding carboxylic acids is 2. The second-order valence-electron chi connectivity index (χ2n) is 6.87. The second kappa shape index (κ2) is 10.5. The largest absolute Gasteiger partial charge is 0.484 e. The third kappa shape index (κ3) is 6.35. The number of benzene rings is 2. The molecule has 0 aliphatic carbocycles. The lowest BCUT2D eigenvalue weighted by atomic mass is 10.3. The van der Waals surface area contributed by atoms with Crippen molar-refractivity contribution in [2.45, 2.75) is 18.9 Å². The number of nitrogens with zero attached hydrogens (tertiary/aromatic N) is 1. The molecule has 0 saturated carbocycles. The van der Waals surface area contributed by atoms with Crippen LogP contribution in [-0.4, -0.2) is 42.5 Å². The van der Waals surface area contributed by atoms with Gasteiger partial charge in [0.2, 0.25) is 0 Å². The molecule has 1 N–H and O–H groups in total. The van der Waals surface area contributed by atoms with E-state index in [-0.39, 0.29) is 35.7 Å². The fourth-order valence-electron chi connectivity index (χ4n) is 3.00. The Bertz CT molecular complexity index is 968. The Hall–Kier alpha value is -2.77. The van der Waals surface area contributed by atoms with E-state index in [9.17, 15) is 14.0 Å². The molecular weight excluding hydrogens is 446 g/mol. The number of hydrogen-bond acceptors (Lipinski definition) is 4. The van der Waals surface area contributed by atoms with Crippen molar-refractivity contribution >= 4 is 35.0 Å². The van der Waals surface area contributed by atoms with Crippen molar-refractivity contribution in [3.63, 3.8) is 0 Å². The van der Waals surface area contributed by atoms with Crippen LogP contribution in [0.4, 0.5) is 4.39 Å². The first-order chi connectivity index (χ1) is 14.8. The van der Waals surface area contributed by atoms with Gasteiger partial charge in [0, 0.05) is 42.7 Å². The number of rotatable bonds is 9. The van der Waals surface area contributed by atoms with E-state index >= 15 is 0 Å². The van der Waals surface area contributed by atoms with E-state index in [2.05, 4.69) is 11.9 Å². The molecule has 2 amide bonds. The Morgan fingerprint density at radius 3 is 2.61 bits per heavy atom. The Labute approximate surface area is 189 Å². The summed E-state index contributed by atoms with van der Waals surface area (Å²) in [5.41, 5.74) is 0.591. The van der Waals surface area contributed by atoms with Gasteiger partial charge in [-0.1, -0.05) is 29.8 Å². The van der Waals surface area contributed by atoms with E-state index in [0.717, 1.165) is 6.07 Å². The molecule has 0 unspecified atom stereocenters. The Kier molecular flexibility index (Phi) is 7.76. The van der Waals surface area contributed by atoms with E-state index in [1.165, 1.54) is 12.1 Å². The highest BCUT2D eigenvalue weighted by Gasteiger charge is 2.34. The molecule has 164 valence electrons.